The maximum Gasteiger partial charge on any atom is 0.273 e. The Kier molecular flexibility index (Phi) is 3.76. The first-order valence-corrected chi connectivity index (χ1v) is 5.64. The number of amidine groups is 1. The van der Waals surface area contributed by atoms with E-state index in [1.165, 1.54) is 24.5 Å². The van der Waals surface area contributed by atoms with E-state index in [9.17, 15) is 10.1 Å². The number of nitro benzene ring substituents is 1. The number of non-ortho nitro benzene ring substituents is 1. The molecule has 0 aliphatic heterocycles. The van der Waals surface area contributed by atoms with Crippen LogP contribution in [0.3, 0.4) is 0 Å². The number of aromatic nitrogens is 2. The van der Waals surface area contributed by atoms with Gasteiger partial charge in [0.15, 0.2) is 11.4 Å². The van der Waals surface area contributed by atoms with E-state index < -0.39 is 4.92 Å². The van der Waals surface area contributed by atoms with E-state index in [1.54, 1.807) is 0 Å². The fourth-order valence-electron chi connectivity index (χ4n) is 1.37. The van der Waals surface area contributed by atoms with Crippen molar-refractivity contribution in [2.75, 3.05) is 0 Å². The SMILES string of the molecule is N=C(N)c1nccnc1Oc1cc([N+](=O)[O-])ccc1Cl. The zero-order valence-electron chi connectivity index (χ0n) is 9.91. The second-order valence-corrected chi connectivity index (χ2v) is 4.00. The van der Waals surface area contributed by atoms with Crippen LogP contribution in [0.2, 0.25) is 5.02 Å². The summed E-state index contributed by atoms with van der Waals surface area (Å²) in [5, 5.41) is 18.2. The third-order valence-electron chi connectivity index (χ3n) is 2.25. The average molecular weight is 294 g/mol. The van der Waals surface area contributed by atoms with Crippen LogP contribution in [0.25, 0.3) is 0 Å². The van der Waals surface area contributed by atoms with Crippen LogP contribution in [0.1, 0.15) is 5.69 Å². The molecular formula is C11H8ClN5O3. The summed E-state index contributed by atoms with van der Waals surface area (Å²) in [7, 11) is 0. The Bertz CT molecular complexity index is 692. The smallest absolute Gasteiger partial charge is 0.273 e. The first-order valence-electron chi connectivity index (χ1n) is 5.26. The van der Waals surface area contributed by atoms with E-state index in [2.05, 4.69) is 9.97 Å². The second kappa shape index (κ2) is 5.49. The van der Waals surface area contributed by atoms with Gasteiger partial charge in [-0.2, -0.15) is 0 Å². The monoisotopic (exact) mass is 293 g/mol. The van der Waals surface area contributed by atoms with E-state index in [0.717, 1.165) is 6.07 Å². The maximum atomic E-state index is 10.7. The van der Waals surface area contributed by atoms with Gasteiger partial charge in [-0.3, -0.25) is 15.5 Å². The highest BCUT2D eigenvalue weighted by Gasteiger charge is 2.15. The quantitative estimate of drug-likeness (QED) is 0.384. The van der Waals surface area contributed by atoms with Gasteiger partial charge in [0.1, 0.15) is 5.84 Å². The first-order chi connectivity index (χ1) is 9.49. The molecule has 8 nitrogen and oxygen atoms in total. The van der Waals surface area contributed by atoms with Gasteiger partial charge in [0.2, 0.25) is 5.88 Å². The standard InChI is InChI=1S/C11H8ClN5O3/c12-7-2-1-6(17(18)19)5-8(7)20-11-9(10(13)14)15-3-4-16-11/h1-5H,(H3,13,14). The number of nitrogens with zero attached hydrogens (tertiary/aromatic N) is 3. The minimum Gasteiger partial charge on any atom is -0.435 e. The van der Waals surface area contributed by atoms with Gasteiger partial charge in [-0.05, 0) is 6.07 Å². The highest BCUT2D eigenvalue weighted by molar-refractivity contribution is 6.32. The average Bonchev–Trinajstić information content (AvgIpc) is 2.41. The molecule has 0 saturated carbocycles. The van der Waals surface area contributed by atoms with E-state index in [0.29, 0.717) is 0 Å². The summed E-state index contributed by atoms with van der Waals surface area (Å²) < 4.78 is 5.36. The minimum absolute atomic E-state index is 0.0232. The van der Waals surface area contributed by atoms with E-state index >= 15 is 0 Å². The van der Waals surface area contributed by atoms with Gasteiger partial charge >= 0.3 is 0 Å². The molecule has 0 aliphatic rings. The molecule has 2 rings (SSSR count). The third-order valence-corrected chi connectivity index (χ3v) is 2.56. The molecule has 0 saturated heterocycles. The fraction of sp³-hybridized carbons (Fsp3) is 0. The summed E-state index contributed by atoms with van der Waals surface area (Å²) >= 11 is 5.90. The van der Waals surface area contributed by atoms with Gasteiger partial charge in [0.25, 0.3) is 5.69 Å². The molecule has 1 aromatic carbocycles. The Morgan fingerprint density at radius 1 is 1.40 bits per heavy atom. The summed E-state index contributed by atoms with van der Waals surface area (Å²) in [4.78, 5) is 17.9. The Labute approximate surface area is 117 Å². The van der Waals surface area contributed by atoms with Gasteiger partial charge in [-0.1, -0.05) is 11.6 Å². The Balaban J connectivity index is 2.42. The molecule has 9 heteroatoms. The van der Waals surface area contributed by atoms with Crippen LogP contribution in [0, 0.1) is 15.5 Å². The van der Waals surface area contributed by atoms with Crippen LogP contribution < -0.4 is 10.5 Å². The summed E-state index contributed by atoms with van der Waals surface area (Å²) in [6, 6.07) is 3.73. The fourth-order valence-corrected chi connectivity index (χ4v) is 1.53. The van der Waals surface area contributed by atoms with Crippen LogP contribution in [0.4, 0.5) is 5.69 Å². The van der Waals surface area contributed by atoms with E-state index in [-0.39, 0.29) is 33.9 Å². The number of nitrogen functional groups attached to an aromatic ring is 1. The molecule has 1 heterocycles. The second-order valence-electron chi connectivity index (χ2n) is 3.60. The van der Waals surface area contributed by atoms with Crippen LogP contribution in [-0.4, -0.2) is 20.7 Å². The molecule has 0 radical (unpaired) electrons. The zero-order chi connectivity index (χ0) is 14.7. The van der Waals surface area contributed by atoms with Crippen molar-refractivity contribution in [3.8, 4) is 11.6 Å². The molecule has 2 aromatic rings. The lowest BCUT2D eigenvalue weighted by atomic mass is 10.3. The van der Waals surface area contributed by atoms with Crippen molar-refractivity contribution in [2.45, 2.75) is 0 Å². The van der Waals surface area contributed by atoms with Gasteiger partial charge in [0.05, 0.1) is 16.0 Å². The highest BCUT2D eigenvalue weighted by atomic mass is 35.5. The van der Waals surface area contributed by atoms with Gasteiger partial charge in [-0.15, -0.1) is 0 Å². The Hall–Kier alpha value is -2.74. The van der Waals surface area contributed by atoms with Gasteiger partial charge < -0.3 is 10.5 Å². The molecule has 0 aliphatic carbocycles. The molecule has 1 aromatic heterocycles. The largest absolute Gasteiger partial charge is 0.435 e. The molecule has 0 unspecified atom stereocenters. The van der Waals surface area contributed by atoms with Gasteiger partial charge in [-0.25, -0.2) is 9.97 Å². The number of ether oxygens (including phenoxy) is 1. The summed E-state index contributed by atoms with van der Waals surface area (Å²) in [5.41, 5.74) is 5.18. The number of nitro groups is 1. The normalized spacial score (nSPS) is 10.1. The summed E-state index contributed by atoms with van der Waals surface area (Å²) in [5.74, 6) is -0.360. The predicted octanol–water partition coefficient (Wildman–Crippen LogP) is 2.11. The highest BCUT2D eigenvalue weighted by Crippen LogP contribution is 2.32. The first kappa shape index (κ1) is 13.7. The van der Waals surface area contributed by atoms with Crippen LogP contribution in [0.15, 0.2) is 30.6 Å². The van der Waals surface area contributed by atoms with Crippen LogP contribution in [0.5, 0.6) is 11.6 Å². The number of hydrogen-bond donors (Lipinski definition) is 2. The maximum absolute atomic E-state index is 10.7. The van der Waals surface area contributed by atoms with Crippen molar-refractivity contribution in [3.05, 3.63) is 51.4 Å². The number of benzene rings is 1. The van der Waals surface area contributed by atoms with Crippen molar-refractivity contribution in [3.63, 3.8) is 0 Å². The topological polar surface area (TPSA) is 128 Å². The van der Waals surface area contributed by atoms with Crippen molar-refractivity contribution < 1.29 is 9.66 Å². The molecule has 0 bridgehead atoms. The molecular weight excluding hydrogens is 286 g/mol. The number of hydrogen-bond acceptors (Lipinski definition) is 6. The van der Waals surface area contributed by atoms with Gasteiger partial charge in [0, 0.05) is 18.5 Å². The number of halogens is 1. The summed E-state index contributed by atoms with van der Waals surface area (Å²) in [6.07, 6.45) is 2.69. The molecule has 3 N–H and O–H groups in total. The summed E-state index contributed by atoms with van der Waals surface area (Å²) in [6.45, 7) is 0. The molecule has 0 atom stereocenters. The van der Waals surface area contributed by atoms with Crippen LogP contribution >= 0.6 is 11.6 Å². The predicted molar refractivity (Wildman–Crippen MR) is 71.2 cm³/mol. The number of nitrogens with two attached hydrogens (primary N) is 1. The third kappa shape index (κ3) is 2.81. The minimum atomic E-state index is -0.578. The molecule has 102 valence electrons. The van der Waals surface area contributed by atoms with Crippen molar-refractivity contribution in [1.82, 2.24) is 9.97 Å². The van der Waals surface area contributed by atoms with E-state index in [4.69, 9.17) is 27.5 Å². The lowest BCUT2D eigenvalue weighted by Gasteiger charge is -2.08. The molecule has 0 amide bonds. The lowest BCUT2D eigenvalue weighted by molar-refractivity contribution is -0.384. The van der Waals surface area contributed by atoms with Crippen molar-refractivity contribution >= 4 is 23.1 Å². The number of rotatable bonds is 4. The lowest BCUT2D eigenvalue weighted by Crippen LogP contribution is -2.15. The number of nitrogens with one attached hydrogen (secondary N) is 1. The van der Waals surface area contributed by atoms with Crippen molar-refractivity contribution in [2.24, 2.45) is 5.73 Å². The molecule has 0 fully saturated rings. The molecule has 0 spiro atoms. The van der Waals surface area contributed by atoms with Crippen LogP contribution in [-0.2, 0) is 0 Å². The van der Waals surface area contributed by atoms with Crippen molar-refractivity contribution in [1.29, 1.82) is 5.41 Å². The van der Waals surface area contributed by atoms with E-state index in [1.807, 2.05) is 0 Å². The Morgan fingerprint density at radius 2 is 2.10 bits per heavy atom. The molecule has 20 heavy (non-hydrogen) atoms. The Morgan fingerprint density at radius 3 is 2.75 bits per heavy atom. The zero-order valence-corrected chi connectivity index (χ0v) is 10.7.